The van der Waals surface area contributed by atoms with Gasteiger partial charge in [0.05, 0.1) is 28.8 Å². The second kappa shape index (κ2) is 9.31. The van der Waals surface area contributed by atoms with Gasteiger partial charge in [-0.1, -0.05) is 6.92 Å². The van der Waals surface area contributed by atoms with Gasteiger partial charge in [0.2, 0.25) is 0 Å². The lowest BCUT2D eigenvalue weighted by atomic mass is 9.41. The van der Waals surface area contributed by atoms with Crippen molar-refractivity contribution in [2.75, 3.05) is 6.61 Å². The molecule has 5 fully saturated rings. The molecule has 6 rings (SSSR count). The standard InChI is InChI=1S/C29H42O10/c1-15-22(32)23(33)24(34)25(38-15)39-17-3-8-27(14-30)19-4-7-26(2)18(16-11-21(31)37-13-16)6-10-29(26,36)20(19)5-9-28(27,35)12-17/h11,14-15,17-20,22-25,32-36H,3-10,12-13H2,1-2H3/t15?,17-,18+,19-,20+,22?,23?,24?,25?,26+,27-,28-,29-/m0/s1. The van der Waals surface area contributed by atoms with Crippen LogP contribution in [0.3, 0.4) is 0 Å². The third-order valence-electron chi connectivity index (χ3n) is 12.0. The van der Waals surface area contributed by atoms with Gasteiger partial charge in [-0.2, -0.15) is 0 Å². The number of fused-ring (bicyclic) bond motifs is 5. The SMILES string of the molecule is CC1OC(O[C@H]2CC[C@]3(C=O)[C@H]4CC[C@]5(C)[C@@H](C6=CC(=O)OC6)CC[C@]5(O)[C@@H]4CC[C@]3(O)C2)C(O)C(O)C1O. The lowest BCUT2D eigenvalue weighted by molar-refractivity contribution is -0.317. The average Bonchev–Trinajstić information content (AvgIpc) is 3.45. The Morgan fingerprint density at radius 1 is 0.974 bits per heavy atom. The fourth-order valence-corrected chi connectivity index (χ4v) is 9.75. The molecule has 4 aliphatic carbocycles. The molecule has 2 heterocycles. The normalized spacial score (nSPS) is 55.2. The summed E-state index contributed by atoms with van der Waals surface area (Å²) in [5, 5.41) is 55.0. The van der Waals surface area contributed by atoms with Gasteiger partial charge in [0.25, 0.3) is 0 Å². The van der Waals surface area contributed by atoms with Gasteiger partial charge in [-0.05, 0) is 81.6 Å². The predicted molar refractivity (Wildman–Crippen MR) is 135 cm³/mol. The number of rotatable bonds is 4. The lowest BCUT2D eigenvalue weighted by Gasteiger charge is -2.65. The largest absolute Gasteiger partial charge is 0.458 e. The van der Waals surface area contributed by atoms with E-state index in [0.717, 1.165) is 18.3 Å². The van der Waals surface area contributed by atoms with E-state index in [9.17, 15) is 35.1 Å². The summed E-state index contributed by atoms with van der Waals surface area (Å²) < 4.78 is 16.9. The molecule has 10 nitrogen and oxygen atoms in total. The molecular formula is C29H42O10. The lowest BCUT2D eigenvalue weighted by Crippen LogP contribution is -2.69. The predicted octanol–water partition coefficient (Wildman–Crippen LogP) is 0.750. The number of hydrogen-bond acceptors (Lipinski definition) is 10. The summed E-state index contributed by atoms with van der Waals surface area (Å²) in [5.74, 6) is -0.616. The third kappa shape index (κ3) is 3.78. The van der Waals surface area contributed by atoms with Crippen molar-refractivity contribution in [3.05, 3.63) is 11.6 Å². The Hall–Kier alpha value is -1.40. The number of aliphatic hydroxyl groups excluding tert-OH is 3. The van der Waals surface area contributed by atoms with Crippen LogP contribution in [0.4, 0.5) is 0 Å². The van der Waals surface area contributed by atoms with Crippen molar-refractivity contribution in [1.82, 2.24) is 0 Å². The molecule has 4 saturated carbocycles. The molecule has 0 aromatic rings. The molecule has 2 aliphatic heterocycles. The zero-order valence-corrected chi connectivity index (χ0v) is 22.7. The molecule has 39 heavy (non-hydrogen) atoms. The Morgan fingerprint density at radius 2 is 1.72 bits per heavy atom. The Labute approximate surface area is 228 Å². The number of aldehydes is 1. The fourth-order valence-electron chi connectivity index (χ4n) is 9.75. The fraction of sp³-hybridized carbons (Fsp3) is 0.862. The Kier molecular flexibility index (Phi) is 6.62. The van der Waals surface area contributed by atoms with Gasteiger partial charge < -0.3 is 44.5 Å². The van der Waals surface area contributed by atoms with Crippen LogP contribution in [0.15, 0.2) is 11.6 Å². The van der Waals surface area contributed by atoms with E-state index in [4.69, 9.17) is 14.2 Å². The minimum absolute atomic E-state index is 0.0465. The molecule has 0 amide bonds. The molecule has 1 saturated heterocycles. The van der Waals surface area contributed by atoms with Crippen LogP contribution in [0.5, 0.6) is 0 Å². The van der Waals surface area contributed by atoms with Crippen molar-refractivity contribution in [2.45, 2.75) is 120 Å². The number of aliphatic hydroxyl groups is 5. The number of cyclic esters (lactones) is 1. The van der Waals surface area contributed by atoms with E-state index in [-0.39, 0.29) is 36.8 Å². The highest BCUT2D eigenvalue weighted by Crippen LogP contribution is 2.70. The van der Waals surface area contributed by atoms with E-state index in [2.05, 4.69) is 6.92 Å². The maximum absolute atomic E-state index is 13.0. The molecule has 5 unspecified atom stereocenters. The van der Waals surface area contributed by atoms with Crippen LogP contribution in [-0.4, -0.2) is 92.4 Å². The van der Waals surface area contributed by atoms with Crippen molar-refractivity contribution >= 4 is 12.3 Å². The highest BCUT2D eigenvalue weighted by atomic mass is 16.7. The molecule has 0 radical (unpaired) electrons. The van der Waals surface area contributed by atoms with Crippen molar-refractivity contribution in [1.29, 1.82) is 0 Å². The summed E-state index contributed by atoms with van der Waals surface area (Å²) in [7, 11) is 0. The van der Waals surface area contributed by atoms with E-state index in [0.29, 0.717) is 44.9 Å². The van der Waals surface area contributed by atoms with Gasteiger partial charge in [-0.3, -0.25) is 0 Å². The van der Waals surface area contributed by atoms with Crippen LogP contribution in [0.25, 0.3) is 0 Å². The molecule has 218 valence electrons. The highest BCUT2D eigenvalue weighted by molar-refractivity contribution is 5.85. The Balaban J connectivity index is 1.22. The van der Waals surface area contributed by atoms with Crippen LogP contribution in [0.2, 0.25) is 0 Å². The van der Waals surface area contributed by atoms with Gasteiger partial charge in [0, 0.05) is 17.9 Å². The van der Waals surface area contributed by atoms with Crippen molar-refractivity contribution in [3.8, 4) is 0 Å². The summed E-state index contributed by atoms with van der Waals surface area (Å²) in [4.78, 5) is 24.8. The van der Waals surface area contributed by atoms with Gasteiger partial charge in [0.15, 0.2) is 6.29 Å². The van der Waals surface area contributed by atoms with E-state index in [1.807, 2.05) is 0 Å². The molecule has 0 aromatic heterocycles. The van der Waals surface area contributed by atoms with Crippen LogP contribution >= 0.6 is 0 Å². The van der Waals surface area contributed by atoms with Gasteiger partial charge in [-0.25, -0.2) is 4.79 Å². The maximum Gasteiger partial charge on any atom is 0.331 e. The van der Waals surface area contributed by atoms with E-state index in [1.165, 1.54) is 0 Å². The Morgan fingerprint density at radius 3 is 2.41 bits per heavy atom. The number of carbonyl (C=O) groups is 2. The van der Waals surface area contributed by atoms with Crippen molar-refractivity contribution in [3.63, 3.8) is 0 Å². The zero-order valence-electron chi connectivity index (χ0n) is 22.7. The first-order valence-corrected chi connectivity index (χ1v) is 14.5. The number of carbonyl (C=O) groups excluding carboxylic acids is 2. The first kappa shape index (κ1) is 27.8. The summed E-state index contributed by atoms with van der Waals surface area (Å²) in [6.45, 7) is 3.98. The third-order valence-corrected chi connectivity index (χ3v) is 12.0. The van der Waals surface area contributed by atoms with Crippen LogP contribution < -0.4 is 0 Å². The second-order valence-corrected chi connectivity index (χ2v) is 13.4. The minimum Gasteiger partial charge on any atom is -0.458 e. The van der Waals surface area contributed by atoms with Crippen LogP contribution in [0, 0.1) is 28.6 Å². The van der Waals surface area contributed by atoms with Crippen molar-refractivity contribution in [2.24, 2.45) is 28.6 Å². The average molecular weight is 551 g/mol. The molecule has 0 bridgehead atoms. The highest BCUT2D eigenvalue weighted by Gasteiger charge is 2.71. The molecule has 10 heteroatoms. The molecule has 5 N–H and O–H groups in total. The number of hydrogen-bond donors (Lipinski definition) is 5. The van der Waals surface area contributed by atoms with Gasteiger partial charge in [-0.15, -0.1) is 0 Å². The van der Waals surface area contributed by atoms with E-state index >= 15 is 0 Å². The van der Waals surface area contributed by atoms with E-state index in [1.54, 1.807) is 13.0 Å². The summed E-state index contributed by atoms with van der Waals surface area (Å²) in [6, 6.07) is 0. The van der Waals surface area contributed by atoms with Crippen molar-refractivity contribution < 1.29 is 49.3 Å². The molecule has 0 aromatic carbocycles. The summed E-state index contributed by atoms with van der Waals surface area (Å²) in [5.41, 5.74) is -2.86. The van der Waals surface area contributed by atoms with Crippen LogP contribution in [-0.2, 0) is 23.8 Å². The topological polar surface area (TPSA) is 163 Å². The molecule has 6 aliphatic rings. The minimum atomic E-state index is -1.43. The summed E-state index contributed by atoms with van der Waals surface area (Å²) in [6.07, 6.45) is 0.689. The Bertz CT molecular complexity index is 1050. The quantitative estimate of drug-likeness (QED) is 0.192. The second-order valence-electron chi connectivity index (χ2n) is 13.4. The number of esters is 1. The zero-order chi connectivity index (χ0) is 28.0. The first-order chi connectivity index (χ1) is 18.4. The smallest absolute Gasteiger partial charge is 0.331 e. The first-order valence-electron chi connectivity index (χ1n) is 14.5. The monoisotopic (exact) mass is 550 g/mol. The molecular weight excluding hydrogens is 508 g/mol. The van der Waals surface area contributed by atoms with Crippen LogP contribution in [0.1, 0.15) is 71.6 Å². The van der Waals surface area contributed by atoms with E-state index < -0.39 is 58.8 Å². The van der Waals surface area contributed by atoms with Gasteiger partial charge >= 0.3 is 5.97 Å². The molecule has 0 spiro atoms. The maximum atomic E-state index is 13.0. The summed E-state index contributed by atoms with van der Waals surface area (Å²) >= 11 is 0. The molecule has 13 atom stereocenters. The van der Waals surface area contributed by atoms with Gasteiger partial charge in [0.1, 0.15) is 31.2 Å². The number of ether oxygens (including phenoxy) is 3.